The number of aliphatic carboxylic acids is 1. The summed E-state index contributed by atoms with van der Waals surface area (Å²) in [6, 6.07) is 12.2. The first kappa shape index (κ1) is 15.5. The van der Waals surface area contributed by atoms with Crippen molar-refractivity contribution in [2.75, 3.05) is 0 Å². The largest absolute Gasteiger partial charge is 0.480 e. The maximum atomic E-state index is 12.2. The topological polar surface area (TPSA) is 83.5 Å². The number of halogens is 1. The third-order valence-electron chi connectivity index (χ3n) is 2.78. The quantitative estimate of drug-likeness (QED) is 0.884. The Labute approximate surface area is 127 Å². The van der Waals surface area contributed by atoms with E-state index in [-0.39, 0.29) is 4.90 Å². The van der Waals surface area contributed by atoms with Gasteiger partial charge in [0.25, 0.3) is 0 Å². The van der Waals surface area contributed by atoms with Crippen molar-refractivity contribution in [2.45, 2.75) is 10.9 Å². The minimum atomic E-state index is -3.96. The number of hydrogen-bond donors (Lipinski definition) is 2. The first-order valence-electron chi connectivity index (χ1n) is 5.96. The van der Waals surface area contributed by atoms with Crippen LogP contribution in [0.15, 0.2) is 59.5 Å². The molecule has 5 nitrogen and oxygen atoms in total. The molecule has 2 aromatic rings. The average Bonchev–Trinajstić information content (AvgIpc) is 2.46. The molecule has 0 saturated carbocycles. The summed E-state index contributed by atoms with van der Waals surface area (Å²) in [5.74, 6) is -1.28. The van der Waals surface area contributed by atoms with Crippen molar-refractivity contribution in [3.8, 4) is 0 Å². The molecule has 2 rings (SSSR count). The Kier molecular flexibility index (Phi) is 4.62. The van der Waals surface area contributed by atoms with Crippen molar-refractivity contribution in [2.24, 2.45) is 0 Å². The molecule has 21 heavy (non-hydrogen) atoms. The summed E-state index contributed by atoms with van der Waals surface area (Å²) in [5, 5.41) is 9.63. The van der Waals surface area contributed by atoms with Crippen LogP contribution in [0.25, 0.3) is 0 Å². The smallest absolute Gasteiger partial charge is 0.326 e. The van der Waals surface area contributed by atoms with Crippen molar-refractivity contribution in [3.63, 3.8) is 0 Å². The molecule has 110 valence electrons. The van der Waals surface area contributed by atoms with E-state index in [1.54, 1.807) is 30.3 Å². The highest BCUT2D eigenvalue weighted by atomic mass is 35.5. The molecule has 0 aromatic heterocycles. The fourth-order valence-electron chi connectivity index (χ4n) is 1.74. The van der Waals surface area contributed by atoms with Crippen LogP contribution in [0.3, 0.4) is 0 Å². The number of sulfonamides is 1. The molecule has 2 N–H and O–H groups in total. The molecule has 1 atom stereocenters. The number of carboxylic acids is 1. The highest BCUT2D eigenvalue weighted by Gasteiger charge is 2.26. The zero-order chi connectivity index (χ0) is 15.5. The van der Waals surface area contributed by atoms with Crippen LogP contribution in [0, 0.1) is 0 Å². The molecule has 0 radical (unpaired) electrons. The maximum Gasteiger partial charge on any atom is 0.326 e. The maximum absolute atomic E-state index is 12.2. The van der Waals surface area contributed by atoms with Gasteiger partial charge < -0.3 is 5.11 Å². The fourth-order valence-corrected chi connectivity index (χ4v) is 3.05. The molecule has 2 aromatic carbocycles. The van der Waals surface area contributed by atoms with Crippen molar-refractivity contribution in [3.05, 3.63) is 65.2 Å². The summed E-state index contributed by atoms with van der Waals surface area (Å²) in [5.41, 5.74) is 0.350. The predicted octanol–water partition coefficient (Wildman–Crippen LogP) is 2.44. The van der Waals surface area contributed by atoms with Crippen LogP contribution in [-0.2, 0) is 14.8 Å². The van der Waals surface area contributed by atoms with E-state index < -0.39 is 22.0 Å². The lowest BCUT2D eigenvalue weighted by Crippen LogP contribution is -2.33. The summed E-state index contributed by atoms with van der Waals surface area (Å²) in [4.78, 5) is 11.3. The highest BCUT2D eigenvalue weighted by molar-refractivity contribution is 7.89. The molecule has 0 heterocycles. The van der Waals surface area contributed by atoms with Crippen LogP contribution in [0.2, 0.25) is 5.02 Å². The molecular formula is C14H12ClNO4S. The third kappa shape index (κ3) is 3.81. The van der Waals surface area contributed by atoms with Gasteiger partial charge >= 0.3 is 5.97 Å². The molecule has 0 unspecified atom stereocenters. The second-order valence-corrected chi connectivity index (χ2v) is 6.41. The van der Waals surface area contributed by atoms with Crippen molar-refractivity contribution in [1.29, 1.82) is 0 Å². The molecule has 0 aliphatic rings. The Morgan fingerprint density at radius 1 is 1.05 bits per heavy atom. The van der Waals surface area contributed by atoms with Gasteiger partial charge in [0, 0.05) is 5.02 Å². The van der Waals surface area contributed by atoms with E-state index in [4.69, 9.17) is 11.6 Å². The number of carbonyl (C=O) groups is 1. The minimum absolute atomic E-state index is 0.0471. The lowest BCUT2D eigenvalue weighted by Gasteiger charge is -2.15. The molecule has 0 fully saturated rings. The summed E-state index contributed by atoms with van der Waals surface area (Å²) in [6.07, 6.45) is 0. The second-order valence-electron chi connectivity index (χ2n) is 4.26. The molecule has 0 saturated heterocycles. The Bertz CT molecular complexity index is 729. The third-order valence-corrected chi connectivity index (χ3v) is 4.47. The van der Waals surface area contributed by atoms with Gasteiger partial charge in [-0.2, -0.15) is 4.72 Å². The van der Waals surface area contributed by atoms with Gasteiger partial charge in [0.2, 0.25) is 10.0 Å². The van der Waals surface area contributed by atoms with Crippen molar-refractivity contribution >= 4 is 27.6 Å². The van der Waals surface area contributed by atoms with Gasteiger partial charge in [-0.05, 0) is 29.8 Å². The van der Waals surface area contributed by atoms with E-state index in [1.807, 2.05) is 0 Å². The fraction of sp³-hybridized carbons (Fsp3) is 0.0714. The number of carboxylic acid groups (broad SMARTS) is 1. The van der Waals surface area contributed by atoms with Gasteiger partial charge in [-0.1, -0.05) is 41.9 Å². The predicted molar refractivity (Wildman–Crippen MR) is 78.6 cm³/mol. The summed E-state index contributed by atoms with van der Waals surface area (Å²) >= 11 is 5.70. The summed E-state index contributed by atoms with van der Waals surface area (Å²) in [6.45, 7) is 0. The van der Waals surface area contributed by atoms with Gasteiger partial charge in [0.05, 0.1) is 4.90 Å². The molecular weight excluding hydrogens is 314 g/mol. The SMILES string of the molecule is O=C(O)[C@H](NS(=O)(=O)c1ccc(Cl)cc1)c1ccccc1. The number of nitrogens with one attached hydrogen (secondary N) is 1. The first-order valence-corrected chi connectivity index (χ1v) is 7.82. The van der Waals surface area contributed by atoms with E-state index in [9.17, 15) is 18.3 Å². The van der Waals surface area contributed by atoms with E-state index in [0.717, 1.165) is 0 Å². The number of rotatable bonds is 5. The molecule has 0 spiro atoms. The van der Waals surface area contributed by atoms with Gasteiger partial charge in [-0.25, -0.2) is 8.42 Å². The van der Waals surface area contributed by atoms with Crippen molar-refractivity contribution in [1.82, 2.24) is 4.72 Å². The van der Waals surface area contributed by atoms with E-state index in [0.29, 0.717) is 10.6 Å². The average molecular weight is 326 g/mol. The van der Waals surface area contributed by atoms with Gasteiger partial charge in [0.15, 0.2) is 0 Å². The monoisotopic (exact) mass is 325 g/mol. The molecule has 0 bridgehead atoms. The number of hydrogen-bond acceptors (Lipinski definition) is 3. The Balaban J connectivity index is 2.32. The molecule has 0 aliphatic carbocycles. The Hall–Kier alpha value is -1.89. The Morgan fingerprint density at radius 2 is 1.62 bits per heavy atom. The molecule has 0 amide bonds. The summed E-state index contributed by atoms with van der Waals surface area (Å²) in [7, 11) is -3.96. The van der Waals surface area contributed by atoms with Crippen LogP contribution < -0.4 is 4.72 Å². The van der Waals surface area contributed by atoms with Gasteiger partial charge in [0.1, 0.15) is 6.04 Å². The Morgan fingerprint density at radius 3 is 2.14 bits per heavy atom. The van der Waals surface area contributed by atoms with Crippen molar-refractivity contribution < 1.29 is 18.3 Å². The zero-order valence-corrected chi connectivity index (χ0v) is 12.3. The number of benzene rings is 2. The lowest BCUT2D eigenvalue weighted by molar-refractivity contribution is -0.139. The van der Waals surface area contributed by atoms with Crippen LogP contribution >= 0.6 is 11.6 Å². The van der Waals surface area contributed by atoms with Gasteiger partial charge in [-0.3, -0.25) is 4.79 Å². The molecule has 7 heteroatoms. The van der Waals surface area contributed by atoms with E-state index >= 15 is 0 Å². The first-order chi connectivity index (χ1) is 9.90. The molecule has 0 aliphatic heterocycles. The second kappa shape index (κ2) is 6.26. The summed E-state index contributed by atoms with van der Waals surface area (Å²) < 4.78 is 26.6. The van der Waals surface area contributed by atoms with E-state index in [1.165, 1.54) is 24.3 Å². The zero-order valence-electron chi connectivity index (χ0n) is 10.7. The van der Waals surface area contributed by atoms with E-state index in [2.05, 4.69) is 4.72 Å². The van der Waals surface area contributed by atoms with Crippen LogP contribution in [-0.4, -0.2) is 19.5 Å². The van der Waals surface area contributed by atoms with Crippen LogP contribution in [0.5, 0.6) is 0 Å². The van der Waals surface area contributed by atoms with Gasteiger partial charge in [-0.15, -0.1) is 0 Å². The van der Waals surface area contributed by atoms with Crippen LogP contribution in [0.4, 0.5) is 0 Å². The minimum Gasteiger partial charge on any atom is -0.480 e. The van der Waals surface area contributed by atoms with Crippen LogP contribution in [0.1, 0.15) is 11.6 Å². The normalized spacial score (nSPS) is 12.8. The highest BCUT2D eigenvalue weighted by Crippen LogP contribution is 2.19. The lowest BCUT2D eigenvalue weighted by atomic mass is 10.1. The standard InChI is InChI=1S/C14H12ClNO4S/c15-11-6-8-12(9-7-11)21(19,20)16-13(14(17)18)10-4-2-1-3-5-10/h1-9,13,16H,(H,17,18)/t13-/m1/s1.